The number of hydrogen-bond acceptors (Lipinski definition) is 2. The van der Waals surface area contributed by atoms with Gasteiger partial charge in [0, 0.05) is 18.8 Å². The molecular weight excluding hydrogens is 309 g/mol. The van der Waals surface area contributed by atoms with Gasteiger partial charge in [-0.15, -0.1) is 0 Å². The molecule has 0 amide bonds. The topological polar surface area (TPSA) is 21.1 Å². The van der Waals surface area contributed by atoms with Crippen LogP contribution in [0.5, 0.6) is 0 Å². The summed E-state index contributed by atoms with van der Waals surface area (Å²) >= 11 is 3.41. The van der Waals surface area contributed by atoms with Crippen LogP contribution in [-0.2, 0) is 6.67 Å². The van der Waals surface area contributed by atoms with E-state index in [-0.39, 0.29) is 5.82 Å². The molecule has 0 saturated carbocycles. The van der Waals surface area contributed by atoms with Crippen molar-refractivity contribution in [2.24, 2.45) is 0 Å². The number of hydrogen-bond donors (Lipinski definition) is 0. The van der Waals surface area contributed by atoms with Gasteiger partial charge < -0.3 is 0 Å². The normalized spacial score (nSPS) is 20.0. The van der Waals surface area contributed by atoms with Crippen LogP contribution in [0.4, 0.5) is 4.39 Å². The maximum absolute atomic E-state index is 13.0. The molecule has 1 unspecified atom stereocenters. The fraction of sp³-hybridized carbons (Fsp3) is 0.357. The van der Waals surface area contributed by atoms with Gasteiger partial charge in [0.05, 0.1) is 17.3 Å². The highest BCUT2D eigenvalue weighted by molar-refractivity contribution is 9.10. The van der Waals surface area contributed by atoms with Crippen LogP contribution in [0.2, 0.25) is 0 Å². The Labute approximate surface area is 120 Å². The lowest BCUT2D eigenvalue weighted by atomic mass is 10.0. The second kappa shape index (κ2) is 5.43. The molecular formula is C14H15BrFN3. The van der Waals surface area contributed by atoms with Gasteiger partial charge in [0.25, 0.3) is 0 Å². The number of rotatable bonds is 3. The molecule has 19 heavy (non-hydrogen) atoms. The molecule has 5 heteroatoms. The zero-order chi connectivity index (χ0) is 13.2. The van der Waals surface area contributed by atoms with E-state index in [4.69, 9.17) is 0 Å². The van der Waals surface area contributed by atoms with Gasteiger partial charge in [-0.05, 0) is 46.5 Å². The minimum Gasteiger partial charge on any atom is -0.277 e. The number of halogens is 2. The first-order valence-corrected chi connectivity index (χ1v) is 7.19. The van der Waals surface area contributed by atoms with Crippen LogP contribution in [0.3, 0.4) is 0 Å². The van der Waals surface area contributed by atoms with Crippen molar-refractivity contribution in [2.75, 3.05) is 6.54 Å². The van der Waals surface area contributed by atoms with Crippen molar-refractivity contribution < 1.29 is 4.39 Å². The molecule has 1 aromatic carbocycles. The Morgan fingerprint density at radius 2 is 2.11 bits per heavy atom. The molecule has 1 fully saturated rings. The summed E-state index contributed by atoms with van der Waals surface area (Å²) in [5.41, 5.74) is 1.19. The molecule has 2 heterocycles. The summed E-state index contributed by atoms with van der Waals surface area (Å²) in [6, 6.07) is 7.21. The minimum atomic E-state index is -0.177. The molecule has 1 atom stereocenters. The van der Waals surface area contributed by atoms with E-state index in [1.807, 2.05) is 23.0 Å². The highest BCUT2D eigenvalue weighted by Gasteiger charge is 2.26. The average molecular weight is 324 g/mol. The Bertz CT molecular complexity index is 552. The van der Waals surface area contributed by atoms with Crippen LogP contribution in [0.15, 0.2) is 41.1 Å². The van der Waals surface area contributed by atoms with Crippen molar-refractivity contribution in [1.29, 1.82) is 0 Å². The summed E-state index contributed by atoms with van der Waals surface area (Å²) in [6.45, 7) is 1.83. The molecule has 1 saturated heterocycles. The molecule has 3 nitrogen and oxygen atoms in total. The Balaban J connectivity index is 1.76. The zero-order valence-electron chi connectivity index (χ0n) is 10.5. The predicted octanol–water partition coefficient (Wildman–Crippen LogP) is 3.58. The lowest BCUT2D eigenvalue weighted by Crippen LogP contribution is -2.26. The second-order valence-corrected chi connectivity index (χ2v) is 5.78. The molecule has 1 aromatic heterocycles. The van der Waals surface area contributed by atoms with Gasteiger partial charge in [-0.3, -0.25) is 9.58 Å². The first-order valence-electron chi connectivity index (χ1n) is 6.40. The zero-order valence-corrected chi connectivity index (χ0v) is 12.1. The second-order valence-electron chi connectivity index (χ2n) is 4.86. The Kier molecular flexibility index (Phi) is 3.66. The van der Waals surface area contributed by atoms with Crippen molar-refractivity contribution in [1.82, 2.24) is 14.7 Å². The summed E-state index contributed by atoms with van der Waals surface area (Å²) in [5, 5.41) is 4.29. The molecule has 1 aliphatic heterocycles. The number of likely N-dealkylation sites (tertiary alicyclic amines) is 1. The summed E-state index contributed by atoms with van der Waals surface area (Å²) in [4.78, 5) is 2.38. The van der Waals surface area contributed by atoms with Crippen molar-refractivity contribution in [3.8, 4) is 0 Å². The molecule has 2 aromatic rings. The molecule has 3 rings (SSSR count). The smallest absolute Gasteiger partial charge is 0.123 e. The average Bonchev–Trinajstić information content (AvgIpc) is 3.00. The molecule has 0 radical (unpaired) electrons. The fourth-order valence-corrected chi connectivity index (χ4v) is 2.99. The van der Waals surface area contributed by atoms with Gasteiger partial charge >= 0.3 is 0 Å². The Hall–Kier alpha value is -1.20. The van der Waals surface area contributed by atoms with Gasteiger partial charge in [0.1, 0.15) is 5.82 Å². The quantitative estimate of drug-likeness (QED) is 0.860. The van der Waals surface area contributed by atoms with Gasteiger partial charge in [-0.2, -0.15) is 5.10 Å². The van der Waals surface area contributed by atoms with E-state index in [1.54, 1.807) is 6.20 Å². The third-order valence-electron chi connectivity index (χ3n) is 3.55. The largest absolute Gasteiger partial charge is 0.277 e. The van der Waals surface area contributed by atoms with Crippen LogP contribution in [0.1, 0.15) is 24.4 Å². The molecule has 1 aliphatic rings. The molecule has 0 N–H and O–H groups in total. The number of aromatic nitrogens is 2. The lowest BCUT2D eigenvalue weighted by Gasteiger charge is -2.24. The highest BCUT2D eigenvalue weighted by atomic mass is 79.9. The van der Waals surface area contributed by atoms with E-state index < -0.39 is 0 Å². The highest BCUT2D eigenvalue weighted by Crippen LogP contribution is 2.32. The monoisotopic (exact) mass is 323 g/mol. The molecule has 100 valence electrons. The summed E-state index contributed by atoms with van der Waals surface area (Å²) in [7, 11) is 0. The summed E-state index contributed by atoms with van der Waals surface area (Å²) in [5.74, 6) is -0.177. The first-order chi connectivity index (χ1) is 9.22. The third-order valence-corrected chi connectivity index (χ3v) is 3.96. The van der Waals surface area contributed by atoms with Crippen LogP contribution in [0.25, 0.3) is 0 Å². The third kappa shape index (κ3) is 2.87. The maximum atomic E-state index is 13.0. The maximum Gasteiger partial charge on any atom is 0.123 e. The summed E-state index contributed by atoms with van der Waals surface area (Å²) < 4.78 is 15.9. The summed E-state index contributed by atoms with van der Waals surface area (Å²) in [6.07, 6.45) is 6.06. The minimum absolute atomic E-state index is 0.177. The van der Waals surface area contributed by atoms with Crippen LogP contribution in [-0.4, -0.2) is 21.2 Å². The number of nitrogens with zero attached hydrogens (tertiary/aromatic N) is 3. The molecule has 0 bridgehead atoms. The molecule has 0 spiro atoms. The van der Waals surface area contributed by atoms with Crippen molar-refractivity contribution in [3.05, 3.63) is 52.5 Å². The van der Waals surface area contributed by atoms with E-state index in [0.717, 1.165) is 24.1 Å². The van der Waals surface area contributed by atoms with Gasteiger partial charge in [0.15, 0.2) is 0 Å². The van der Waals surface area contributed by atoms with Crippen LogP contribution in [0, 0.1) is 5.82 Å². The predicted molar refractivity (Wildman–Crippen MR) is 75.0 cm³/mol. The van der Waals surface area contributed by atoms with Gasteiger partial charge in [-0.1, -0.05) is 12.1 Å². The SMILES string of the molecule is Fc1ccc(C2CCCN2Cn2cc(Br)cn2)cc1. The van der Waals surface area contributed by atoms with Crippen molar-refractivity contribution >= 4 is 15.9 Å². The van der Waals surface area contributed by atoms with Crippen molar-refractivity contribution in [3.63, 3.8) is 0 Å². The van der Waals surface area contributed by atoms with Gasteiger partial charge in [-0.25, -0.2) is 4.39 Å². The fourth-order valence-electron chi connectivity index (χ4n) is 2.66. The van der Waals surface area contributed by atoms with E-state index in [0.29, 0.717) is 6.04 Å². The first kappa shape index (κ1) is 12.8. The Morgan fingerprint density at radius 1 is 1.32 bits per heavy atom. The Morgan fingerprint density at radius 3 is 2.79 bits per heavy atom. The number of benzene rings is 1. The lowest BCUT2D eigenvalue weighted by molar-refractivity contribution is 0.191. The van der Waals surface area contributed by atoms with E-state index in [9.17, 15) is 4.39 Å². The van der Waals surface area contributed by atoms with Gasteiger partial charge in [0.2, 0.25) is 0 Å². The standard InChI is InChI=1S/C14H15BrFN3/c15-12-8-17-19(9-12)10-18-7-1-2-14(18)11-3-5-13(16)6-4-11/h3-6,8-9,14H,1-2,7,10H2. The van der Waals surface area contributed by atoms with Crippen LogP contribution < -0.4 is 0 Å². The molecule has 0 aliphatic carbocycles. The van der Waals surface area contributed by atoms with E-state index in [2.05, 4.69) is 25.9 Å². The van der Waals surface area contributed by atoms with E-state index >= 15 is 0 Å². The van der Waals surface area contributed by atoms with Crippen LogP contribution >= 0.6 is 15.9 Å². The van der Waals surface area contributed by atoms with Crippen molar-refractivity contribution in [2.45, 2.75) is 25.6 Å². The van der Waals surface area contributed by atoms with E-state index in [1.165, 1.54) is 24.1 Å².